The first-order valence-electron chi connectivity index (χ1n) is 14.6. The van der Waals surface area contributed by atoms with Gasteiger partial charge in [-0.15, -0.1) is 0 Å². The number of oxazole rings is 1. The topological polar surface area (TPSA) is 165 Å². The van der Waals surface area contributed by atoms with Crippen molar-refractivity contribution in [1.29, 1.82) is 0 Å². The highest BCUT2D eigenvalue weighted by Gasteiger charge is 2.39. The molecule has 0 aliphatic carbocycles. The number of anilines is 2. The van der Waals surface area contributed by atoms with Crippen molar-refractivity contribution in [3.05, 3.63) is 60.6 Å². The smallest absolute Gasteiger partial charge is 0.417 e. The lowest BCUT2D eigenvalue weighted by molar-refractivity contribution is -0.142. The molecule has 2 saturated heterocycles. The van der Waals surface area contributed by atoms with Gasteiger partial charge in [0.2, 0.25) is 5.91 Å². The number of nitrogens with one attached hydrogen (secondary N) is 3. The van der Waals surface area contributed by atoms with Crippen molar-refractivity contribution in [1.82, 2.24) is 20.1 Å². The molecular weight excluding hydrogens is 584 g/mol. The second-order valence-corrected chi connectivity index (χ2v) is 10.6. The fraction of sp³-hybridized carbons (Fsp3) is 0.387. The van der Waals surface area contributed by atoms with Gasteiger partial charge in [0.1, 0.15) is 17.9 Å². The molecule has 2 fully saturated rings. The Morgan fingerprint density at radius 1 is 1.09 bits per heavy atom. The molecule has 3 N–H and O–H groups in total. The van der Waals surface area contributed by atoms with Crippen molar-refractivity contribution in [2.45, 2.75) is 38.0 Å². The standard InChI is InChI=1S/C31H36N6O8/c1-32-16-28(38)36-11-4-7-25(36)29(39)37(31(41)45-23-10-12-43-18-23)17-20-5-3-6-21(13-20)34-30(40)35-22-8-9-24(26(14-22)42-2)27-15-33-19-44-27/h3,5-6,8-9,13-15,19,23,25,32H,4,7,10-12,16-18H2,1-2H3,(H2,34,35,40)/t23?,25-/m0/s1. The van der Waals surface area contributed by atoms with E-state index in [9.17, 15) is 19.2 Å². The normalized spacial score (nSPS) is 17.5. The molecule has 45 heavy (non-hydrogen) atoms. The quantitative estimate of drug-likeness (QED) is 0.306. The fourth-order valence-corrected chi connectivity index (χ4v) is 5.34. The molecule has 0 saturated carbocycles. The van der Waals surface area contributed by atoms with E-state index >= 15 is 0 Å². The SMILES string of the molecule is CNCC(=O)N1CCC[C@H]1C(=O)N(Cc1cccc(NC(=O)Nc2ccc(-c3cnco3)c(OC)c2)c1)C(=O)OC1CCOC1. The Bertz CT molecular complexity index is 1510. The third-order valence-corrected chi connectivity index (χ3v) is 7.51. The van der Waals surface area contributed by atoms with Gasteiger partial charge in [-0.2, -0.15) is 0 Å². The zero-order valence-corrected chi connectivity index (χ0v) is 25.1. The van der Waals surface area contributed by atoms with Gasteiger partial charge in [0.15, 0.2) is 12.2 Å². The highest BCUT2D eigenvalue weighted by molar-refractivity contribution is 6.00. The van der Waals surface area contributed by atoms with Crippen LogP contribution in [0.2, 0.25) is 0 Å². The van der Waals surface area contributed by atoms with Crippen molar-refractivity contribution in [3.63, 3.8) is 0 Å². The van der Waals surface area contributed by atoms with Crippen LogP contribution in [0.3, 0.4) is 0 Å². The first-order valence-corrected chi connectivity index (χ1v) is 14.6. The summed E-state index contributed by atoms with van der Waals surface area (Å²) in [5.41, 5.74) is 2.17. The molecule has 0 radical (unpaired) electrons. The third kappa shape index (κ3) is 7.77. The van der Waals surface area contributed by atoms with E-state index in [4.69, 9.17) is 18.6 Å². The number of carbonyl (C=O) groups excluding carboxylic acids is 4. The lowest BCUT2D eigenvalue weighted by Crippen LogP contribution is -2.51. The second kappa shape index (κ2) is 14.7. The minimum Gasteiger partial charge on any atom is -0.496 e. The van der Waals surface area contributed by atoms with Crippen LogP contribution in [0.5, 0.6) is 5.75 Å². The maximum atomic E-state index is 13.8. The molecule has 5 rings (SSSR count). The van der Waals surface area contributed by atoms with E-state index < -0.39 is 30.2 Å². The summed E-state index contributed by atoms with van der Waals surface area (Å²) in [6, 6.07) is 10.6. The van der Waals surface area contributed by atoms with Crippen LogP contribution in [0, 0.1) is 0 Å². The molecule has 2 aliphatic rings. The average Bonchev–Trinajstić information content (AvgIpc) is 3.83. The number of amides is 5. The number of nitrogens with zero attached hydrogens (tertiary/aromatic N) is 3. The molecule has 5 amide bonds. The number of imide groups is 1. The highest BCUT2D eigenvalue weighted by Crippen LogP contribution is 2.32. The summed E-state index contributed by atoms with van der Waals surface area (Å²) in [6.45, 7) is 1.12. The molecule has 3 heterocycles. The van der Waals surface area contributed by atoms with Crippen LogP contribution in [0.15, 0.2) is 59.5 Å². The Labute approximate surface area is 260 Å². The van der Waals surface area contributed by atoms with Gasteiger partial charge in [0.25, 0.3) is 5.91 Å². The van der Waals surface area contributed by atoms with E-state index in [1.165, 1.54) is 18.4 Å². The number of likely N-dealkylation sites (N-methyl/N-ethyl adjacent to an activating group) is 1. The van der Waals surface area contributed by atoms with E-state index in [2.05, 4.69) is 20.9 Å². The van der Waals surface area contributed by atoms with Crippen LogP contribution >= 0.6 is 0 Å². The number of methoxy groups -OCH3 is 1. The maximum absolute atomic E-state index is 13.8. The molecule has 2 atom stereocenters. The number of aromatic nitrogens is 1. The number of ether oxygens (including phenoxy) is 3. The number of likely N-dealkylation sites (tertiary alicyclic amines) is 1. The molecule has 2 aliphatic heterocycles. The molecule has 14 heteroatoms. The number of rotatable bonds is 10. The molecule has 0 bridgehead atoms. The minimum absolute atomic E-state index is 0.0851. The Balaban J connectivity index is 1.28. The van der Waals surface area contributed by atoms with E-state index in [0.717, 1.165) is 4.90 Å². The minimum atomic E-state index is -0.803. The van der Waals surface area contributed by atoms with E-state index in [1.54, 1.807) is 55.7 Å². The maximum Gasteiger partial charge on any atom is 0.417 e. The van der Waals surface area contributed by atoms with Crippen molar-refractivity contribution in [2.24, 2.45) is 0 Å². The van der Waals surface area contributed by atoms with Crippen molar-refractivity contribution >= 4 is 35.3 Å². The third-order valence-electron chi connectivity index (χ3n) is 7.51. The molecule has 238 valence electrons. The van der Waals surface area contributed by atoms with Gasteiger partial charge in [0.05, 0.1) is 45.2 Å². The Hall–Kier alpha value is -4.95. The molecule has 1 unspecified atom stereocenters. The lowest BCUT2D eigenvalue weighted by atomic mass is 10.1. The molecule has 0 spiro atoms. The monoisotopic (exact) mass is 620 g/mol. The van der Waals surface area contributed by atoms with E-state index in [-0.39, 0.29) is 25.6 Å². The first-order chi connectivity index (χ1) is 21.9. The zero-order chi connectivity index (χ0) is 31.8. The van der Waals surface area contributed by atoms with E-state index in [0.29, 0.717) is 66.4 Å². The Morgan fingerprint density at radius 2 is 1.91 bits per heavy atom. The summed E-state index contributed by atoms with van der Waals surface area (Å²) < 4.78 is 21.7. The highest BCUT2D eigenvalue weighted by atomic mass is 16.6. The van der Waals surface area contributed by atoms with Crippen LogP contribution in [-0.2, 0) is 25.6 Å². The first kappa shape index (κ1) is 31.5. The summed E-state index contributed by atoms with van der Waals surface area (Å²) in [6.07, 6.45) is 3.25. The molecule has 3 aromatic rings. The predicted octanol–water partition coefficient (Wildman–Crippen LogP) is 3.46. The summed E-state index contributed by atoms with van der Waals surface area (Å²) in [5.74, 6) is 0.284. The van der Waals surface area contributed by atoms with E-state index in [1.807, 2.05) is 0 Å². The van der Waals surface area contributed by atoms with Crippen LogP contribution in [0.1, 0.15) is 24.8 Å². The van der Waals surface area contributed by atoms with Gasteiger partial charge >= 0.3 is 12.1 Å². The van der Waals surface area contributed by atoms with Crippen molar-refractivity contribution < 1.29 is 37.8 Å². The summed E-state index contributed by atoms with van der Waals surface area (Å²) in [5, 5.41) is 8.37. The molecular formula is C31H36N6O8. The van der Waals surface area contributed by atoms with Gasteiger partial charge in [-0.3, -0.25) is 9.59 Å². The lowest BCUT2D eigenvalue weighted by Gasteiger charge is -2.29. The summed E-state index contributed by atoms with van der Waals surface area (Å²) in [4.78, 5) is 59.1. The number of hydrogen-bond donors (Lipinski definition) is 3. The fourth-order valence-electron chi connectivity index (χ4n) is 5.34. The molecule has 1 aromatic heterocycles. The van der Waals surface area contributed by atoms with Crippen LogP contribution in [0.4, 0.5) is 21.0 Å². The van der Waals surface area contributed by atoms with Gasteiger partial charge in [-0.05, 0) is 49.7 Å². The Morgan fingerprint density at radius 3 is 2.62 bits per heavy atom. The van der Waals surface area contributed by atoms with Crippen LogP contribution < -0.4 is 20.7 Å². The number of hydrogen-bond acceptors (Lipinski definition) is 10. The van der Waals surface area contributed by atoms with Crippen LogP contribution in [0.25, 0.3) is 11.3 Å². The van der Waals surface area contributed by atoms with Crippen molar-refractivity contribution in [2.75, 3.05) is 51.1 Å². The van der Waals surface area contributed by atoms with Crippen LogP contribution in [-0.4, -0.2) is 91.3 Å². The molecule has 2 aromatic carbocycles. The largest absolute Gasteiger partial charge is 0.496 e. The van der Waals surface area contributed by atoms with Gasteiger partial charge < -0.3 is 39.5 Å². The zero-order valence-electron chi connectivity index (χ0n) is 25.1. The van der Waals surface area contributed by atoms with Gasteiger partial charge in [0, 0.05) is 30.4 Å². The second-order valence-electron chi connectivity index (χ2n) is 10.6. The Kier molecular flexibility index (Phi) is 10.3. The summed E-state index contributed by atoms with van der Waals surface area (Å²) in [7, 11) is 3.17. The number of carbonyl (C=O) groups is 4. The number of urea groups is 1. The van der Waals surface area contributed by atoms with Gasteiger partial charge in [-0.25, -0.2) is 19.5 Å². The number of benzene rings is 2. The predicted molar refractivity (Wildman–Crippen MR) is 162 cm³/mol. The summed E-state index contributed by atoms with van der Waals surface area (Å²) >= 11 is 0. The molecule has 14 nitrogen and oxygen atoms in total. The van der Waals surface area contributed by atoms with Gasteiger partial charge in [-0.1, -0.05) is 12.1 Å². The van der Waals surface area contributed by atoms with Crippen molar-refractivity contribution in [3.8, 4) is 17.1 Å². The average molecular weight is 621 g/mol.